The highest BCUT2D eigenvalue weighted by Gasteiger charge is 2.56. The molecule has 1 aromatic heterocycles. The van der Waals surface area contributed by atoms with E-state index in [-0.39, 0.29) is 37.2 Å². The van der Waals surface area contributed by atoms with Gasteiger partial charge in [-0.25, -0.2) is 23.1 Å². The van der Waals surface area contributed by atoms with E-state index in [0.29, 0.717) is 11.3 Å². The van der Waals surface area contributed by atoms with E-state index < -0.39 is 48.2 Å². The summed E-state index contributed by atoms with van der Waals surface area (Å²) in [5.41, 5.74) is 0.772. The standard InChI is InChI=1S/C27H23F3N8O2/c28-17-5-3-4-16(8-17)9-21(35-24-32-15-33-25(36-24)37-13-27(29,30)14-37)22(39)38-12-26(10-18(38)11-31)19-6-1-2-7-20(19)34-23(26)40/h1-8,15,18,21H,9-10,12-14H2,(H,34,40)(H,32,33,35,36)/t18-,21?,26-/m0/s1. The van der Waals surface area contributed by atoms with Gasteiger partial charge in [0, 0.05) is 25.1 Å². The van der Waals surface area contributed by atoms with Crippen molar-refractivity contribution in [1.29, 1.82) is 5.26 Å². The van der Waals surface area contributed by atoms with Gasteiger partial charge in [-0.3, -0.25) is 9.59 Å². The maximum atomic E-state index is 14.0. The van der Waals surface area contributed by atoms with Gasteiger partial charge >= 0.3 is 0 Å². The molecule has 1 unspecified atom stereocenters. The van der Waals surface area contributed by atoms with E-state index >= 15 is 0 Å². The molecule has 0 saturated carbocycles. The van der Waals surface area contributed by atoms with Crippen molar-refractivity contribution in [3.05, 3.63) is 71.8 Å². The number of carbonyl (C=O) groups excluding carboxylic acids is 2. The lowest BCUT2D eigenvalue weighted by atomic mass is 9.80. The van der Waals surface area contributed by atoms with Crippen LogP contribution in [0.4, 0.5) is 30.8 Å². The summed E-state index contributed by atoms with van der Waals surface area (Å²) in [6, 6.07) is 13.1. The molecular weight excluding hydrogens is 525 g/mol. The molecule has 3 aromatic rings. The third-order valence-electron chi connectivity index (χ3n) is 7.53. The number of anilines is 3. The lowest BCUT2D eigenvalue weighted by Gasteiger charge is -2.38. The average Bonchev–Trinajstić information content (AvgIpc) is 3.44. The van der Waals surface area contributed by atoms with Crippen molar-refractivity contribution in [2.75, 3.05) is 35.2 Å². The van der Waals surface area contributed by atoms with Gasteiger partial charge in [-0.1, -0.05) is 30.3 Å². The average molecular weight is 549 g/mol. The van der Waals surface area contributed by atoms with Crippen molar-refractivity contribution >= 4 is 29.4 Å². The van der Waals surface area contributed by atoms with E-state index in [2.05, 4.69) is 31.7 Å². The molecule has 0 bridgehead atoms. The first kappa shape index (κ1) is 25.5. The van der Waals surface area contributed by atoms with Gasteiger partial charge in [0.15, 0.2) is 0 Å². The van der Waals surface area contributed by atoms with Gasteiger partial charge in [0.1, 0.15) is 24.2 Å². The van der Waals surface area contributed by atoms with Crippen LogP contribution in [0.3, 0.4) is 0 Å². The Morgan fingerprint density at radius 3 is 2.73 bits per heavy atom. The van der Waals surface area contributed by atoms with Crippen LogP contribution >= 0.6 is 0 Å². The van der Waals surface area contributed by atoms with Gasteiger partial charge in [-0.2, -0.15) is 10.2 Å². The maximum absolute atomic E-state index is 14.0. The molecule has 2 saturated heterocycles. The van der Waals surface area contributed by atoms with Crippen LogP contribution in [0.5, 0.6) is 0 Å². The topological polar surface area (TPSA) is 127 Å². The highest BCUT2D eigenvalue weighted by molar-refractivity contribution is 6.07. The second kappa shape index (κ2) is 9.48. The Morgan fingerprint density at radius 1 is 1.18 bits per heavy atom. The highest BCUT2D eigenvalue weighted by Crippen LogP contribution is 2.46. The summed E-state index contributed by atoms with van der Waals surface area (Å²) in [4.78, 5) is 42.1. The van der Waals surface area contributed by atoms with Crippen LogP contribution < -0.4 is 15.5 Å². The Hall–Kier alpha value is -4.73. The summed E-state index contributed by atoms with van der Waals surface area (Å²) < 4.78 is 40.8. The fraction of sp³-hybridized carbons (Fsp3) is 0.333. The molecule has 40 heavy (non-hydrogen) atoms. The monoisotopic (exact) mass is 548 g/mol. The number of hydrogen-bond donors (Lipinski definition) is 2. The van der Waals surface area contributed by atoms with Gasteiger partial charge < -0.3 is 20.4 Å². The summed E-state index contributed by atoms with van der Waals surface area (Å²) >= 11 is 0. The first-order chi connectivity index (χ1) is 19.2. The molecule has 13 heteroatoms. The minimum Gasteiger partial charge on any atom is -0.342 e. The van der Waals surface area contributed by atoms with E-state index in [0.717, 1.165) is 11.9 Å². The van der Waals surface area contributed by atoms with Crippen molar-refractivity contribution in [3.8, 4) is 6.07 Å². The summed E-state index contributed by atoms with van der Waals surface area (Å²) in [5.74, 6) is -4.14. The van der Waals surface area contributed by atoms with Crippen LogP contribution in [0.25, 0.3) is 0 Å². The number of likely N-dealkylation sites (tertiary alicyclic amines) is 1. The molecule has 4 heterocycles. The van der Waals surface area contributed by atoms with Crippen molar-refractivity contribution in [1.82, 2.24) is 19.9 Å². The molecule has 0 radical (unpaired) electrons. The van der Waals surface area contributed by atoms with E-state index in [1.165, 1.54) is 28.0 Å². The predicted octanol–water partition coefficient (Wildman–Crippen LogP) is 2.50. The Morgan fingerprint density at radius 2 is 1.98 bits per heavy atom. The molecule has 1 spiro atoms. The number of hydrogen-bond acceptors (Lipinski definition) is 8. The second-order valence-electron chi connectivity index (χ2n) is 10.2. The summed E-state index contributed by atoms with van der Waals surface area (Å²) in [6.45, 7) is -1.10. The number of benzene rings is 2. The van der Waals surface area contributed by atoms with Gasteiger partial charge in [0.25, 0.3) is 5.92 Å². The zero-order chi connectivity index (χ0) is 28.1. The van der Waals surface area contributed by atoms with Crippen molar-refractivity contribution < 1.29 is 22.8 Å². The number of rotatable bonds is 6. The highest BCUT2D eigenvalue weighted by atomic mass is 19.3. The van der Waals surface area contributed by atoms with E-state index in [1.54, 1.807) is 24.3 Å². The molecule has 2 fully saturated rings. The van der Waals surface area contributed by atoms with Crippen LogP contribution in [0.2, 0.25) is 0 Å². The van der Waals surface area contributed by atoms with Crippen LogP contribution in [0, 0.1) is 17.1 Å². The smallest absolute Gasteiger partial charge is 0.282 e. The van der Waals surface area contributed by atoms with E-state index in [9.17, 15) is 28.0 Å². The van der Waals surface area contributed by atoms with Gasteiger partial charge in [-0.05, 0) is 29.3 Å². The number of para-hydroxylation sites is 1. The summed E-state index contributed by atoms with van der Waals surface area (Å²) in [5, 5.41) is 15.8. The second-order valence-corrected chi connectivity index (χ2v) is 10.2. The zero-order valence-corrected chi connectivity index (χ0v) is 21.0. The van der Waals surface area contributed by atoms with E-state index in [1.807, 2.05) is 6.07 Å². The zero-order valence-electron chi connectivity index (χ0n) is 21.0. The largest absolute Gasteiger partial charge is 0.342 e. The first-order valence-electron chi connectivity index (χ1n) is 12.6. The number of nitriles is 1. The van der Waals surface area contributed by atoms with Crippen LogP contribution in [0.1, 0.15) is 17.5 Å². The molecular formula is C27H23F3N8O2. The number of halogens is 3. The fourth-order valence-corrected chi connectivity index (χ4v) is 5.60. The summed E-state index contributed by atoms with van der Waals surface area (Å²) in [6.07, 6.45) is 1.27. The molecule has 3 aliphatic rings. The number of aromatic nitrogens is 3. The van der Waals surface area contributed by atoms with Crippen molar-refractivity contribution in [3.63, 3.8) is 0 Å². The first-order valence-corrected chi connectivity index (χ1v) is 12.6. The van der Waals surface area contributed by atoms with E-state index in [4.69, 9.17) is 0 Å². The Balaban J connectivity index is 1.30. The van der Waals surface area contributed by atoms with Crippen LogP contribution in [-0.4, -0.2) is 69.3 Å². The van der Waals surface area contributed by atoms with Gasteiger partial charge in [-0.15, -0.1) is 0 Å². The number of alkyl halides is 2. The van der Waals surface area contributed by atoms with Crippen molar-refractivity contribution in [2.45, 2.75) is 36.3 Å². The third-order valence-corrected chi connectivity index (χ3v) is 7.53. The number of amides is 2. The molecule has 3 aliphatic heterocycles. The lowest BCUT2D eigenvalue weighted by Crippen LogP contribution is -2.57. The predicted molar refractivity (Wildman–Crippen MR) is 137 cm³/mol. The number of nitrogens with zero attached hydrogens (tertiary/aromatic N) is 6. The minimum absolute atomic E-state index is 0.00380. The molecule has 0 aliphatic carbocycles. The number of nitrogens with one attached hydrogen (secondary N) is 2. The molecule has 204 valence electrons. The molecule has 10 nitrogen and oxygen atoms in total. The number of fused-ring (bicyclic) bond motifs is 2. The fourth-order valence-electron chi connectivity index (χ4n) is 5.60. The van der Waals surface area contributed by atoms with Crippen LogP contribution in [0.15, 0.2) is 54.9 Å². The number of carbonyl (C=O) groups is 2. The molecule has 3 atom stereocenters. The Kier molecular flexibility index (Phi) is 6.05. The minimum atomic E-state index is -2.83. The third kappa shape index (κ3) is 4.45. The Bertz CT molecular complexity index is 1540. The van der Waals surface area contributed by atoms with Crippen molar-refractivity contribution in [2.24, 2.45) is 0 Å². The SMILES string of the molecule is N#C[C@@H]1C[C@@]2(CN1C(=O)C(Cc1cccc(F)c1)Nc1ncnc(N3CC(F)(F)C3)n1)C(=O)Nc1ccccc12. The maximum Gasteiger partial charge on any atom is 0.282 e. The van der Waals surface area contributed by atoms with Crippen LogP contribution in [-0.2, 0) is 21.4 Å². The summed E-state index contributed by atoms with van der Waals surface area (Å²) in [7, 11) is 0. The Labute approximate surface area is 226 Å². The normalized spacial score (nSPS) is 23.2. The molecule has 2 aromatic carbocycles. The molecule has 2 amide bonds. The van der Waals surface area contributed by atoms with Gasteiger partial charge in [0.2, 0.25) is 23.7 Å². The quantitative estimate of drug-likeness (QED) is 0.481. The molecule has 6 rings (SSSR count). The molecule has 2 N–H and O–H groups in total. The lowest BCUT2D eigenvalue weighted by molar-refractivity contribution is -0.132. The van der Waals surface area contributed by atoms with Gasteiger partial charge in [0.05, 0.1) is 24.6 Å².